The van der Waals surface area contributed by atoms with Gasteiger partial charge in [0.25, 0.3) is 0 Å². The number of hydrogen-bond donors (Lipinski definition) is 0. The van der Waals surface area contributed by atoms with Crippen LogP contribution >= 0.6 is 0 Å². The molecular weight excluding hydrogens is 272 g/mol. The van der Waals surface area contributed by atoms with Gasteiger partial charge in [0, 0.05) is 13.2 Å². The molecule has 5 heteroatoms. The van der Waals surface area contributed by atoms with Gasteiger partial charge in [-0.2, -0.15) is 0 Å². The molecule has 0 saturated carbocycles. The molecule has 0 radical (unpaired) electrons. The van der Waals surface area contributed by atoms with Crippen LogP contribution in [0.15, 0.2) is 0 Å². The first-order chi connectivity index (χ1) is 9.65. The van der Waals surface area contributed by atoms with Crippen LogP contribution in [-0.4, -0.2) is 47.2 Å². The van der Waals surface area contributed by atoms with E-state index in [2.05, 4.69) is 27.7 Å². The molecule has 0 N–H and O–H groups in total. The second kappa shape index (κ2) is 9.90. The maximum absolute atomic E-state index is 6.15. The van der Waals surface area contributed by atoms with Crippen molar-refractivity contribution in [3.05, 3.63) is 0 Å². The topological polar surface area (TPSA) is 40.2 Å². The summed E-state index contributed by atoms with van der Waals surface area (Å²) in [5, 5.41) is 0. The van der Waals surface area contributed by atoms with E-state index in [4.69, 9.17) is 18.3 Å². The Morgan fingerprint density at radius 2 is 1.75 bits per heavy atom. The molecule has 2 atom stereocenters. The number of hydrogen-bond acceptors (Lipinski definition) is 4. The summed E-state index contributed by atoms with van der Waals surface area (Å²) < 4.78 is 23.3. The summed E-state index contributed by atoms with van der Waals surface area (Å²) in [5.41, 5.74) is 0. The van der Waals surface area contributed by atoms with Crippen LogP contribution in [0.3, 0.4) is 0 Å². The molecule has 1 aliphatic rings. The molecule has 1 heterocycles. The summed E-state index contributed by atoms with van der Waals surface area (Å²) in [7, 11) is -2.03. The molecule has 1 rings (SSSR count). The van der Waals surface area contributed by atoms with E-state index in [1.54, 1.807) is 0 Å². The van der Waals surface area contributed by atoms with Gasteiger partial charge in [-0.05, 0) is 38.3 Å². The van der Waals surface area contributed by atoms with Crippen LogP contribution in [0.1, 0.15) is 47.0 Å². The van der Waals surface area contributed by atoms with E-state index in [1.807, 2.05) is 0 Å². The minimum atomic E-state index is -2.03. The summed E-state index contributed by atoms with van der Waals surface area (Å²) >= 11 is 0. The van der Waals surface area contributed by atoms with Crippen molar-refractivity contribution in [2.24, 2.45) is 0 Å². The molecule has 1 fully saturated rings. The van der Waals surface area contributed by atoms with Crippen LogP contribution in [0, 0.1) is 0 Å². The van der Waals surface area contributed by atoms with E-state index < -0.39 is 8.56 Å². The third kappa shape index (κ3) is 7.18. The quantitative estimate of drug-likeness (QED) is 0.386. The maximum Gasteiger partial charge on any atom is 0.337 e. The van der Waals surface area contributed by atoms with Crippen molar-refractivity contribution in [1.29, 1.82) is 0 Å². The minimum Gasteiger partial charge on any atom is -0.394 e. The zero-order chi connectivity index (χ0) is 14.8. The standard InChI is InChI=1S/C15H32O4Si/c1-5-9-18-20(7-3,19-10-6-2)11-8-14(4)16-12-15-13-17-15/h14-15H,5-13H2,1-4H3. The molecule has 0 aromatic carbocycles. The molecule has 4 nitrogen and oxygen atoms in total. The van der Waals surface area contributed by atoms with Gasteiger partial charge in [-0.15, -0.1) is 0 Å². The minimum absolute atomic E-state index is 0.257. The fourth-order valence-corrected chi connectivity index (χ4v) is 5.22. The van der Waals surface area contributed by atoms with Crippen LogP contribution in [0.4, 0.5) is 0 Å². The average molecular weight is 305 g/mol. The van der Waals surface area contributed by atoms with Crippen molar-refractivity contribution in [2.75, 3.05) is 26.4 Å². The largest absolute Gasteiger partial charge is 0.394 e. The summed E-state index contributed by atoms with van der Waals surface area (Å²) in [6.07, 6.45) is 3.72. The highest BCUT2D eigenvalue weighted by molar-refractivity contribution is 6.67. The van der Waals surface area contributed by atoms with Crippen molar-refractivity contribution in [3.63, 3.8) is 0 Å². The smallest absolute Gasteiger partial charge is 0.337 e. The Bertz CT molecular complexity index is 238. The molecule has 0 aromatic heterocycles. The van der Waals surface area contributed by atoms with Crippen molar-refractivity contribution < 1.29 is 18.3 Å². The molecular formula is C15H32O4Si. The highest BCUT2D eigenvalue weighted by Gasteiger charge is 2.35. The maximum atomic E-state index is 6.15. The Balaban J connectivity index is 2.35. The molecule has 0 amide bonds. The van der Waals surface area contributed by atoms with Gasteiger partial charge < -0.3 is 18.3 Å². The molecule has 0 aromatic rings. The molecule has 1 saturated heterocycles. The molecule has 0 spiro atoms. The van der Waals surface area contributed by atoms with Gasteiger partial charge >= 0.3 is 8.56 Å². The van der Waals surface area contributed by atoms with Crippen molar-refractivity contribution in [2.45, 2.75) is 71.3 Å². The lowest BCUT2D eigenvalue weighted by Gasteiger charge is -2.30. The Labute approximate surface area is 125 Å². The lowest BCUT2D eigenvalue weighted by atomic mass is 10.3. The van der Waals surface area contributed by atoms with Gasteiger partial charge in [0.15, 0.2) is 0 Å². The van der Waals surface area contributed by atoms with Crippen molar-refractivity contribution >= 4 is 8.56 Å². The first-order valence-electron chi connectivity index (χ1n) is 8.16. The van der Waals surface area contributed by atoms with Crippen LogP contribution < -0.4 is 0 Å². The van der Waals surface area contributed by atoms with E-state index in [9.17, 15) is 0 Å². The number of ether oxygens (including phenoxy) is 2. The Morgan fingerprint density at radius 3 is 2.20 bits per heavy atom. The Morgan fingerprint density at radius 1 is 1.15 bits per heavy atom. The van der Waals surface area contributed by atoms with Crippen LogP contribution in [0.25, 0.3) is 0 Å². The highest BCUT2D eigenvalue weighted by Crippen LogP contribution is 2.24. The summed E-state index contributed by atoms with van der Waals surface area (Å²) in [6.45, 7) is 11.8. The van der Waals surface area contributed by atoms with Gasteiger partial charge in [-0.3, -0.25) is 0 Å². The zero-order valence-electron chi connectivity index (χ0n) is 13.7. The van der Waals surface area contributed by atoms with Crippen molar-refractivity contribution in [1.82, 2.24) is 0 Å². The number of epoxide rings is 1. The van der Waals surface area contributed by atoms with E-state index in [1.165, 1.54) is 0 Å². The summed E-state index contributed by atoms with van der Waals surface area (Å²) in [6, 6.07) is 2.04. The molecule has 20 heavy (non-hydrogen) atoms. The van der Waals surface area contributed by atoms with Gasteiger partial charge in [0.2, 0.25) is 0 Å². The number of rotatable bonds is 13. The molecule has 0 aliphatic carbocycles. The zero-order valence-corrected chi connectivity index (χ0v) is 14.7. The van der Waals surface area contributed by atoms with E-state index in [0.717, 1.165) is 57.8 Å². The summed E-state index contributed by atoms with van der Waals surface area (Å²) in [4.78, 5) is 0. The van der Waals surface area contributed by atoms with Crippen LogP contribution in [0.2, 0.25) is 12.1 Å². The normalized spacial score (nSPS) is 20.1. The Hall–Kier alpha value is 0.0569. The fraction of sp³-hybridized carbons (Fsp3) is 1.00. The molecule has 1 aliphatic heterocycles. The van der Waals surface area contributed by atoms with Crippen molar-refractivity contribution in [3.8, 4) is 0 Å². The second-order valence-corrected chi connectivity index (χ2v) is 9.20. The lowest BCUT2D eigenvalue weighted by molar-refractivity contribution is 0.0493. The Kier molecular flexibility index (Phi) is 8.96. The van der Waals surface area contributed by atoms with E-state index in [0.29, 0.717) is 6.10 Å². The highest BCUT2D eigenvalue weighted by atomic mass is 28.4. The predicted octanol–water partition coefficient (Wildman–Crippen LogP) is 3.50. The van der Waals surface area contributed by atoms with E-state index >= 15 is 0 Å². The third-order valence-electron chi connectivity index (χ3n) is 3.58. The van der Waals surface area contributed by atoms with Crippen LogP contribution in [-0.2, 0) is 18.3 Å². The monoisotopic (exact) mass is 304 g/mol. The first kappa shape index (κ1) is 18.1. The SMILES string of the molecule is CCCO[Si](CC)(CCC(C)OCC1CO1)OCCC. The van der Waals surface area contributed by atoms with Gasteiger partial charge in [0.05, 0.1) is 19.3 Å². The molecule has 120 valence electrons. The predicted molar refractivity (Wildman–Crippen MR) is 83.3 cm³/mol. The molecule has 0 bridgehead atoms. The first-order valence-corrected chi connectivity index (χ1v) is 10.4. The third-order valence-corrected chi connectivity index (χ3v) is 7.17. The van der Waals surface area contributed by atoms with E-state index in [-0.39, 0.29) is 6.10 Å². The molecule has 2 unspecified atom stereocenters. The lowest BCUT2D eigenvalue weighted by Crippen LogP contribution is -2.42. The van der Waals surface area contributed by atoms with Gasteiger partial charge in [-0.1, -0.05) is 20.8 Å². The summed E-state index contributed by atoms with van der Waals surface area (Å²) in [5.74, 6) is 0. The average Bonchev–Trinajstić information content (AvgIpc) is 3.29. The van der Waals surface area contributed by atoms with Gasteiger partial charge in [-0.25, -0.2) is 0 Å². The fourth-order valence-electron chi connectivity index (χ4n) is 2.09. The second-order valence-electron chi connectivity index (χ2n) is 5.60. The van der Waals surface area contributed by atoms with Crippen LogP contribution in [0.5, 0.6) is 0 Å². The van der Waals surface area contributed by atoms with Gasteiger partial charge in [0.1, 0.15) is 6.10 Å².